The highest BCUT2D eigenvalue weighted by Gasteiger charge is 2.37. The molecular weight excluding hydrogens is 1040 g/mol. The van der Waals surface area contributed by atoms with Crippen LogP contribution in [0.3, 0.4) is 0 Å². The van der Waals surface area contributed by atoms with Crippen LogP contribution in [0, 0.1) is 0 Å². The Morgan fingerprint density at radius 3 is 0.644 bits per heavy atom. The van der Waals surface area contributed by atoms with E-state index >= 15 is 0 Å². The van der Waals surface area contributed by atoms with Crippen LogP contribution in [0.4, 0.5) is 0 Å². The van der Waals surface area contributed by atoms with Gasteiger partial charge in [0.1, 0.15) is 0 Å². The quantitative estimate of drug-likeness (QED) is 0.126. The first-order valence-corrected chi connectivity index (χ1v) is 31.1. The highest BCUT2D eigenvalue weighted by Crippen LogP contribution is 2.55. The van der Waals surface area contributed by atoms with Crippen LogP contribution >= 0.6 is 0 Å². The second-order valence-corrected chi connectivity index (χ2v) is 25.4. The van der Waals surface area contributed by atoms with E-state index in [1.54, 1.807) is 0 Å². The van der Waals surface area contributed by atoms with E-state index in [0.717, 1.165) is 0 Å². The van der Waals surface area contributed by atoms with Crippen molar-refractivity contribution in [2.75, 3.05) is 0 Å². The molecule has 0 saturated heterocycles. The Labute approximate surface area is 510 Å². The summed E-state index contributed by atoms with van der Waals surface area (Å²) in [6.07, 6.45) is 0. The lowest BCUT2D eigenvalue weighted by atomic mass is 9.78. The Morgan fingerprint density at radius 2 is 0.402 bits per heavy atom. The van der Waals surface area contributed by atoms with Crippen molar-refractivity contribution in [1.82, 2.24) is 0 Å². The van der Waals surface area contributed by atoms with Crippen LogP contribution in [-0.2, 0) is 5.41 Å². The Bertz CT molecular complexity index is 5070. The zero-order valence-electron chi connectivity index (χ0n) is 50.2. The fourth-order valence-electron chi connectivity index (χ4n) is 15.0. The van der Waals surface area contributed by atoms with E-state index in [9.17, 15) is 0 Å². The molecule has 0 N–H and O–H groups in total. The van der Waals surface area contributed by atoms with Crippen LogP contribution in [0.15, 0.2) is 279 Å². The molecule has 0 heteroatoms. The highest BCUT2D eigenvalue weighted by atomic mass is 14.4. The molecule has 0 unspecified atom stereocenters. The highest BCUT2D eigenvalue weighted by molar-refractivity contribution is 6.30. The average molecular weight is 1110 g/mol. The van der Waals surface area contributed by atoms with Crippen LogP contribution in [0.2, 0.25) is 0 Å². The fourth-order valence-corrected chi connectivity index (χ4v) is 15.0. The van der Waals surface area contributed by atoms with Gasteiger partial charge in [-0.2, -0.15) is 0 Å². The summed E-state index contributed by atoms with van der Waals surface area (Å²) in [5, 5.41) is 15.1. The Morgan fingerprint density at radius 1 is 0.207 bits per heavy atom. The number of rotatable bonds is 9. The monoisotopic (exact) mass is 1110 g/mol. The second kappa shape index (κ2) is 20.5. The van der Waals surface area contributed by atoms with Gasteiger partial charge < -0.3 is 0 Å². The Hall–Kier alpha value is -10.1. The van der Waals surface area contributed by atoms with Gasteiger partial charge in [0.2, 0.25) is 0 Å². The van der Waals surface area contributed by atoms with Crippen LogP contribution in [0.5, 0.6) is 0 Å². The molecule has 414 valence electrons. The molecule has 0 amide bonds. The molecule has 0 heterocycles. The molecule has 15 aromatic rings. The zero-order valence-corrected chi connectivity index (χ0v) is 50.2. The van der Waals surface area contributed by atoms with Crippen molar-refractivity contribution in [2.45, 2.75) is 58.8 Å². The average Bonchev–Trinajstić information content (AvgIpc) is 1.93. The van der Waals surface area contributed by atoms with E-state index < -0.39 is 0 Å². The van der Waals surface area contributed by atoms with Crippen molar-refractivity contribution < 1.29 is 0 Å². The normalized spacial score (nSPS) is 12.8. The first-order chi connectivity index (χ1) is 42.6. The van der Waals surface area contributed by atoms with Crippen molar-refractivity contribution in [3.05, 3.63) is 301 Å². The lowest BCUT2D eigenvalue weighted by Crippen LogP contribution is -2.15. The SMILES string of the molecule is CC(C)c1ccc(-c2ccc(-c3c4ccccc4c(-c4ccc5c(c4)C(C)(C)c4cc(-c6c7ccccc7c(-c7c8ccccc8c(-c8ccc(-c9ccc(C(C)C)cc9)cc8)c8ccccc78)c7ccccc67)ccc4-5)c4ccccc34)cc2)cc1. The third-order valence-electron chi connectivity index (χ3n) is 19.5. The van der Waals surface area contributed by atoms with Gasteiger partial charge in [-0.3, -0.25) is 0 Å². The van der Waals surface area contributed by atoms with E-state index in [4.69, 9.17) is 0 Å². The van der Waals surface area contributed by atoms with Crippen molar-refractivity contribution in [3.8, 4) is 89.0 Å². The predicted octanol–water partition coefficient (Wildman–Crippen LogP) is 24.8. The zero-order chi connectivity index (χ0) is 58.7. The maximum Gasteiger partial charge on any atom is 0.0159 e. The molecule has 1 aliphatic carbocycles. The van der Waals surface area contributed by atoms with Crippen LogP contribution in [-0.4, -0.2) is 0 Å². The van der Waals surface area contributed by atoms with E-state index in [0.29, 0.717) is 11.8 Å². The summed E-state index contributed by atoms with van der Waals surface area (Å²) in [4.78, 5) is 0. The van der Waals surface area contributed by atoms with Crippen LogP contribution < -0.4 is 0 Å². The van der Waals surface area contributed by atoms with Gasteiger partial charge in [-0.1, -0.05) is 308 Å². The minimum Gasteiger partial charge on any atom is -0.0616 e. The molecule has 0 spiro atoms. The first-order valence-electron chi connectivity index (χ1n) is 31.1. The molecule has 0 saturated carbocycles. The lowest BCUT2D eigenvalue weighted by Gasteiger charge is -2.24. The maximum atomic E-state index is 2.53. The van der Waals surface area contributed by atoms with Crippen LogP contribution in [0.25, 0.3) is 154 Å². The summed E-state index contributed by atoms with van der Waals surface area (Å²) in [6, 6.07) is 106. The van der Waals surface area contributed by atoms with Gasteiger partial charge >= 0.3 is 0 Å². The lowest BCUT2D eigenvalue weighted by molar-refractivity contribution is 0.661. The van der Waals surface area contributed by atoms with Gasteiger partial charge in [0.15, 0.2) is 0 Å². The third-order valence-corrected chi connectivity index (χ3v) is 19.5. The second-order valence-electron chi connectivity index (χ2n) is 25.4. The van der Waals surface area contributed by atoms with E-state index in [2.05, 4.69) is 321 Å². The summed E-state index contributed by atoms with van der Waals surface area (Å²) >= 11 is 0. The molecule has 0 radical (unpaired) electrons. The van der Waals surface area contributed by atoms with Crippen molar-refractivity contribution in [3.63, 3.8) is 0 Å². The largest absolute Gasteiger partial charge is 0.0616 e. The van der Waals surface area contributed by atoms with Gasteiger partial charge in [0.05, 0.1) is 0 Å². The summed E-state index contributed by atoms with van der Waals surface area (Å²) < 4.78 is 0. The van der Waals surface area contributed by atoms with E-state index in [-0.39, 0.29) is 5.41 Å². The van der Waals surface area contributed by atoms with Gasteiger partial charge in [-0.15, -0.1) is 0 Å². The Kier molecular flexibility index (Phi) is 12.4. The van der Waals surface area contributed by atoms with Gasteiger partial charge in [-0.05, 0) is 200 Å². The van der Waals surface area contributed by atoms with Gasteiger partial charge in [0, 0.05) is 5.41 Å². The van der Waals surface area contributed by atoms with Crippen molar-refractivity contribution in [1.29, 1.82) is 0 Å². The molecule has 0 bridgehead atoms. The molecule has 1 aliphatic rings. The third kappa shape index (κ3) is 8.41. The number of hydrogen-bond acceptors (Lipinski definition) is 0. The minimum absolute atomic E-state index is 0.274. The molecular formula is C87H66. The topological polar surface area (TPSA) is 0 Å². The number of fused-ring (bicyclic) bond motifs is 9. The summed E-state index contributed by atoms with van der Waals surface area (Å²) in [6.45, 7) is 13.9. The van der Waals surface area contributed by atoms with Gasteiger partial charge in [-0.25, -0.2) is 0 Å². The summed E-state index contributed by atoms with van der Waals surface area (Å²) in [5.74, 6) is 1.01. The molecule has 0 aromatic heterocycles. The molecule has 0 fully saturated rings. The molecule has 0 aliphatic heterocycles. The van der Waals surface area contributed by atoms with Crippen molar-refractivity contribution >= 4 is 64.6 Å². The molecule has 0 atom stereocenters. The fraction of sp³-hybridized carbons (Fsp3) is 0.103. The molecule has 0 nitrogen and oxygen atoms in total. The van der Waals surface area contributed by atoms with Gasteiger partial charge in [0.25, 0.3) is 0 Å². The summed E-state index contributed by atoms with van der Waals surface area (Å²) in [5.41, 5.74) is 25.3. The van der Waals surface area contributed by atoms with Crippen molar-refractivity contribution in [2.24, 2.45) is 0 Å². The Balaban J connectivity index is 0.806. The molecule has 87 heavy (non-hydrogen) atoms. The molecule has 15 aromatic carbocycles. The minimum atomic E-state index is -0.274. The summed E-state index contributed by atoms with van der Waals surface area (Å²) in [7, 11) is 0. The standard InChI is InChI=1S/C87H66/c1-53(2)55-31-35-57(36-32-55)59-39-43-61(44-40-59)81-67-19-7-9-21-69(67)83(70-22-10-8-20-68(70)81)63-47-49-65-66-50-48-64(52-80(66)87(5,6)79(65)51-63)84-73-25-13-17-29-77(73)86(78-30-18-14-26-74(78)84)85-75-27-15-11-23-71(75)82(72-24-12-16-28-76(72)85)62-45-41-60(42-46-62)58-37-33-56(34-38-58)54(3)4/h7-54H,1-6H3. The smallest absolute Gasteiger partial charge is 0.0159 e. The predicted molar refractivity (Wildman–Crippen MR) is 375 cm³/mol. The van der Waals surface area contributed by atoms with Crippen LogP contribution in [0.1, 0.15) is 75.6 Å². The first kappa shape index (κ1) is 52.4. The maximum absolute atomic E-state index is 2.53. The molecule has 16 rings (SSSR count). The van der Waals surface area contributed by atoms with E-state index in [1.807, 2.05) is 0 Å². The van der Waals surface area contributed by atoms with E-state index in [1.165, 1.54) is 176 Å². The number of hydrogen-bond donors (Lipinski definition) is 0. The number of benzene rings is 15.